The van der Waals surface area contributed by atoms with Gasteiger partial charge in [0, 0.05) is 38.4 Å². The average Bonchev–Trinajstić information content (AvgIpc) is 2.42. The molecule has 1 saturated heterocycles. The van der Waals surface area contributed by atoms with Crippen LogP contribution in [-0.2, 0) is 4.79 Å². The normalized spacial score (nSPS) is 15.5. The summed E-state index contributed by atoms with van der Waals surface area (Å²) in [7, 11) is 0. The minimum absolute atomic E-state index is 0.240. The quantitative estimate of drug-likeness (QED) is 0.879. The molecule has 18 heavy (non-hydrogen) atoms. The Morgan fingerprint density at radius 2 is 2.00 bits per heavy atom. The first-order valence-electron chi connectivity index (χ1n) is 6.56. The number of carbonyl (C=O) groups excluding carboxylic acids is 1. The molecule has 5 nitrogen and oxygen atoms in total. The van der Waals surface area contributed by atoms with E-state index in [0.717, 1.165) is 37.4 Å². The van der Waals surface area contributed by atoms with Gasteiger partial charge in [-0.2, -0.15) is 0 Å². The van der Waals surface area contributed by atoms with E-state index in [1.807, 2.05) is 11.8 Å². The lowest BCUT2D eigenvalue weighted by atomic mass is 10.1. The molecule has 2 heterocycles. The fourth-order valence-corrected chi connectivity index (χ4v) is 2.17. The van der Waals surface area contributed by atoms with Crippen molar-refractivity contribution in [1.29, 1.82) is 0 Å². The van der Waals surface area contributed by atoms with E-state index in [9.17, 15) is 4.79 Å². The van der Waals surface area contributed by atoms with Crippen LogP contribution >= 0.6 is 0 Å². The number of anilines is 1. The Hall–Kier alpha value is -1.65. The van der Waals surface area contributed by atoms with Gasteiger partial charge in [-0.3, -0.25) is 9.78 Å². The standard InChI is InChI=1S/C13H20N4O/c1-11-13(16-8-7-14-11)15-6-5-12(18)17-9-3-2-4-10-17/h7-8H,2-6,9-10H2,1H3,(H,15,16). The van der Waals surface area contributed by atoms with Crippen molar-refractivity contribution in [3.05, 3.63) is 18.1 Å². The first kappa shape index (κ1) is 12.8. The summed E-state index contributed by atoms with van der Waals surface area (Å²) < 4.78 is 0. The van der Waals surface area contributed by atoms with Gasteiger partial charge < -0.3 is 10.2 Å². The average molecular weight is 248 g/mol. The number of rotatable bonds is 4. The van der Waals surface area contributed by atoms with Gasteiger partial charge in [0.2, 0.25) is 5.91 Å². The fraction of sp³-hybridized carbons (Fsp3) is 0.615. The van der Waals surface area contributed by atoms with Gasteiger partial charge in [-0.1, -0.05) is 0 Å². The van der Waals surface area contributed by atoms with Crippen molar-refractivity contribution in [3.63, 3.8) is 0 Å². The van der Waals surface area contributed by atoms with Crippen molar-refractivity contribution < 1.29 is 4.79 Å². The van der Waals surface area contributed by atoms with Gasteiger partial charge in [0.25, 0.3) is 0 Å². The molecule has 1 aliphatic heterocycles. The van der Waals surface area contributed by atoms with Gasteiger partial charge in [-0.05, 0) is 26.2 Å². The van der Waals surface area contributed by atoms with Crippen molar-refractivity contribution >= 4 is 11.7 Å². The molecule has 0 spiro atoms. The second kappa shape index (κ2) is 6.33. The molecule has 2 rings (SSSR count). The number of amides is 1. The van der Waals surface area contributed by atoms with Gasteiger partial charge in [-0.25, -0.2) is 4.98 Å². The van der Waals surface area contributed by atoms with Crippen LogP contribution < -0.4 is 5.32 Å². The second-order valence-corrected chi connectivity index (χ2v) is 4.61. The molecule has 0 saturated carbocycles. The third kappa shape index (κ3) is 3.42. The summed E-state index contributed by atoms with van der Waals surface area (Å²) >= 11 is 0. The van der Waals surface area contributed by atoms with E-state index in [1.165, 1.54) is 6.42 Å². The summed E-state index contributed by atoms with van der Waals surface area (Å²) in [5, 5.41) is 3.16. The van der Waals surface area contributed by atoms with Crippen molar-refractivity contribution in [2.45, 2.75) is 32.6 Å². The summed E-state index contributed by atoms with van der Waals surface area (Å²) in [6.07, 6.45) is 7.38. The number of piperidine rings is 1. The maximum atomic E-state index is 11.9. The van der Waals surface area contributed by atoms with Crippen LogP contribution in [0.15, 0.2) is 12.4 Å². The van der Waals surface area contributed by atoms with Crippen LogP contribution in [-0.4, -0.2) is 40.4 Å². The van der Waals surface area contributed by atoms with Crippen LogP contribution in [0, 0.1) is 6.92 Å². The summed E-state index contributed by atoms with van der Waals surface area (Å²) in [5.74, 6) is 1.01. The van der Waals surface area contributed by atoms with Gasteiger partial charge in [-0.15, -0.1) is 0 Å². The third-order valence-electron chi connectivity index (χ3n) is 3.22. The van der Waals surface area contributed by atoms with E-state index in [0.29, 0.717) is 13.0 Å². The van der Waals surface area contributed by atoms with E-state index in [4.69, 9.17) is 0 Å². The Labute approximate surface area is 108 Å². The molecule has 0 aromatic carbocycles. The molecule has 0 atom stereocenters. The fourth-order valence-electron chi connectivity index (χ4n) is 2.17. The highest BCUT2D eigenvalue weighted by Crippen LogP contribution is 2.10. The highest BCUT2D eigenvalue weighted by molar-refractivity contribution is 5.76. The molecule has 0 bridgehead atoms. The maximum absolute atomic E-state index is 11.9. The zero-order valence-corrected chi connectivity index (χ0v) is 10.9. The largest absolute Gasteiger partial charge is 0.368 e. The van der Waals surface area contributed by atoms with E-state index in [-0.39, 0.29) is 5.91 Å². The number of nitrogens with one attached hydrogen (secondary N) is 1. The predicted molar refractivity (Wildman–Crippen MR) is 70.3 cm³/mol. The number of carbonyl (C=O) groups is 1. The lowest BCUT2D eigenvalue weighted by Gasteiger charge is -2.26. The highest BCUT2D eigenvalue weighted by Gasteiger charge is 2.15. The van der Waals surface area contributed by atoms with Gasteiger partial charge in [0.15, 0.2) is 0 Å². The lowest BCUT2D eigenvalue weighted by molar-refractivity contribution is -0.131. The van der Waals surface area contributed by atoms with E-state index >= 15 is 0 Å². The SMILES string of the molecule is Cc1nccnc1NCCC(=O)N1CCCCC1. The monoisotopic (exact) mass is 248 g/mol. The zero-order valence-electron chi connectivity index (χ0n) is 10.9. The third-order valence-corrected chi connectivity index (χ3v) is 3.22. The maximum Gasteiger partial charge on any atom is 0.224 e. The van der Waals surface area contributed by atoms with Crippen molar-refractivity contribution in [3.8, 4) is 0 Å². The molecular weight excluding hydrogens is 228 g/mol. The first-order valence-corrected chi connectivity index (χ1v) is 6.56. The highest BCUT2D eigenvalue weighted by atomic mass is 16.2. The summed E-state index contributed by atoms with van der Waals surface area (Å²) in [4.78, 5) is 22.2. The predicted octanol–water partition coefficient (Wildman–Crippen LogP) is 1.60. The number of hydrogen-bond acceptors (Lipinski definition) is 4. The van der Waals surface area contributed by atoms with Gasteiger partial charge in [0.1, 0.15) is 5.82 Å². The van der Waals surface area contributed by atoms with Crippen LogP contribution in [0.4, 0.5) is 5.82 Å². The smallest absolute Gasteiger partial charge is 0.224 e. The molecule has 1 aromatic heterocycles. The Morgan fingerprint density at radius 3 is 2.72 bits per heavy atom. The van der Waals surface area contributed by atoms with Crippen LogP contribution in [0.1, 0.15) is 31.4 Å². The van der Waals surface area contributed by atoms with Crippen LogP contribution in [0.5, 0.6) is 0 Å². The summed E-state index contributed by atoms with van der Waals surface area (Å²) in [6, 6.07) is 0. The van der Waals surface area contributed by atoms with E-state index < -0.39 is 0 Å². The molecule has 0 unspecified atom stereocenters. The second-order valence-electron chi connectivity index (χ2n) is 4.61. The van der Waals surface area contributed by atoms with Crippen molar-refractivity contribution in [2.75, 3.05) is 25.0 Å². The molecule has 98 valence electrons. The van der Waals surface area contributed by atoms with Crippen molar-refractivity contribution in [1.82, 2.24) is 14.9 Å². The van der Waals surface area contributed by atoms with Gasteiger partial charge in [0.05, 0.1) is 5.69 Å². The molecule has 0 radical (unpaired) electrons. The molecule has 1 aliphatic rings. The minimum Gasteiger partial charge on any atom is -0.368 e. The summed E-state index contributed by atoms with van der Waals surface area (Å²) in [5.41, 5.74) is 0.864. The molecule has 1 fully saturated rings. The van der Waals surface area contributed by atoms with E-state index in [2.05, 4.69) is 15.3 Å². The molecule has 0 aliphatic carbocycles. The Kier molecular flexibility index (Phi) is 4.50. The number of aromatic nitrogens is 2. The number of likely N-dealkylation sites (tertiary alicyclic amines) is 1. The number of hydrogen-bond donors (Lipinski definition) is 1. The van der Waals surface area contributed by atoms with Crippen LogP contribution in [0.2, 0.25) is 0 Å². The molecule has 1 amide bonds. The first-order chi connectivity index (χ1) is 8.77. The van der Waals surface area contributed by atoms with Crippen LogP contribution in [0.25, 0.3) is 0 Å². The number of aryl methyl sites for hydroxylation is 1. The lowest BCUT2D eigenvalue weighted by Crippen LogP contribution is -2.36. The number of nitrogens with zero attached hydrogens (tertiary/aromatic N) is 3. The van der Waals surface area contributed by atoms with Gasteiger partial charge >= 0.3 is 0 Å². The topological polar surface area (TPSA) is 58.1 Å². The molecule has 1 N–H and O–H groups in total. The molecule has 5 heteroatoms. The summed E-state index contributed by atoms with van der Waals surface area (Å²) in [6.45, 7) is 4.36. The Morgan fingerprint density at radius 1 is 1.28 bits per heavy atom. The van der Waals surface area contributed by atoms with Crippen LogP contribution in [0.3, 0.4) is 0 Å². The Balaban J connectivity index is 1.75. The molecule has 1 aromatic rings. The minimum atomic E-state index is 0.240. The molecular formula is C13H20N4O. The zero-order chi connectivity index (χ0) is 12.8. The van der Waals surface area contributed by atoms with Crippen molar-refractivity contribution in [2.24, 2.45) is 0 Å². The van der Waals surface area contributed by atoms with E-state index in [1.54, 1.807) is 12.4 Å². The Bertz CT molecular complexity index is 402.